The van der Waals surface area contributed by atoms with Crippen LogP contribution in [0.1, 0.15) is 13.8 Å². The molecule has 3 N–H and O–H groups in total. The Labute approximate surface area is 92.7 Å². The van der Waals surface area contributed by atoms with E-state index in [1.165, 1.54) is 0 Å². The summed E-state index contributed by atoms with van der Waals surface area (Å²) in [4.78, 5) is 0. The largest absolute Gasteiger partial charge is 0.397 e. The lowest BCUT2D eigenvalue weighted by molar-refractivity contribution is 1.02. The molecule has 0 radical (unpaired) electrons. The number of allylic oxidation sites excluding steroid dienone is 5. The highest BCUT2D eigenvalue weighted by molar-refractivity contribution is 9.11. The Kier molecular flexibility index (Phi) is 3.81. The van der Waals surface area contributed by atoms with Crippen LogP contribution in [0.5, 0.6) is 0 Å². The fourth-order valence-electron chi connectivity index (χ4n) is 1.04. The van der Waals surface area contributed by atoms with Gasteiger partial charge >= 0.3 is 0 Å². The summed E-state index contributed by atoms with van der Waals surface area (Å²) < 4.78 is 1.04. The monoisotopic (exact) mass is 252 g/mol. The normalized spacial score (nSPS) is 16.8. The Morgan fingerprint density at radius 3 is 2.71 bits per heavy atom. The van der Waals surface area contributed by atoms with Gasteiger partial charge in [-0.3, -0.25) is 0 Å². The summed E-state index contributed by atoms with van der Waals surface area (Å²) >= 11 is 3.43. The minimum atomic E-state index is 0.709. The van der Waals surface area contributed by atoms with Gasteiger partial charge in [-0.2, -0.15) is 0 Å². The quantitative estimate of drug-likeness (QED) is 0.599. The van der Waals surface area contributed by atoms with E-state index in [0.717, 1.165) is 15.9 Å². The number of hydrogen-bond acceptors (Lipinski definition) is 2. The third-order valence-corrected chi connectivity index (χ3v) is 2.18. The van der Waals surface area contributed by atoms with Gasteiger partial charge in [-0.05, 0) is 19.9 Å². The van der Waals surface area contributed by atoms with Crippen LogP contribution < -0.4 is 11.1 Å². The van der Waals surface area contributed by atoms with Gasteiger partial charge in [0.1, 0.15) is 0 Å². The standard InChI is InChI=1S/C11H13BrN2/c1-3-5-10(8(2)12)14-11-7-4-6-9(11)13/h3,5-7,14H,13H2,1-2H3/b5-3-,10-8-. The van der Waals surface area contributed by atoms with Gasteiger partial charge in [-0.1, -0.05) is 22.0 Å². The highest BCUT2D eigenvalue weighted by Crippen LogP contribution is 2.14. The van der Waals surface area contributed by atoms with Crippen molar-refractivity contribution in [2.75, 3.05) is 0 Å². The van der Waals surface area contributed by atoms with Gasteiger partial charge in [-0.15, -0.1) is 5.73 Å². The van der Waals surface area contributed by atoms with Crippen molar-refractivity contribution in [1.29, 1.82) is 0 Å². The maximum atomic E-state index is 5.73. The predicted molar refractivity (Wildman–Crippen MR) is 63.4 cm³/mol. The second kappa shape index (κ2) is 4.89. The smallest absolute Gasteiger partial charge is 0.0702 e. The lowest BCUT2D eigenvalue weighted by Gasteiger charge is -2.09. The van der Waals surface area contributed by atoms with E-state index in [1.807, 2.05) is 32.1 Å². The molecule has 2 nitrogen and oxygen atoms in total. The third-order valence-electron chi connectivity index (χ3n) is 1.75. The second-order valence-electron chi connectivity index (χ2n) is 2.90. The van der Waals surface area contributed by atoms with Crippen molar-refractivity contribution < 1.29 is 0 Å². The molecule has 0 fully saturated rings. The van der Waals surface area contributed by atoms with Crippen molar-refractivity contribution in [1.82, 2.24) is 5.32 Å². The second-order valence-corrected chi connectivity index (χ2v) is 4.09. The maximum Gasteiger partial charge on any atom is 0.0702 e. The maximum absolute atomic E-state index is 5.73. The van der Waals surface area contributed by atoms with Gasteiger partial charge in [0.15, 0.2) is 0 Å². The van der Waals surface area contributed by atoms with E-state index in [4.69, 9.17) is 5.73 Å². The van der Waals surface area contributed by atoms with Crippen molar-refractivity contribution in [3.05, 3.63) is 51.6 Å². The molecule has 0 aliphatic heterocycles. The van der Waals surface area contributed by atoms with Crippen LogP contribution in [0.3, 0.4) is 0 Å². The minimum Gasteiger partial charge on any atom is -0.397 e. The Hall–Kier alpha value is -1.18. The van der Waals surface area contributed by atoms with Gasteiger partial charge in [0, 0.05) is 22.3 Å². The number of nitrogens with one attached hydrogen (secondary N) is 1. The molecule has 74 valence electrons. The molecular formula is C11H13BrN2. The first-order chi connectivity index (χ1) is 6.65. The summed E-state index contributed by atoms with van der Waals surface area (Å²) in [6.45, 7) is 3.95. The molecule has 1 aliphatic rings. The van der Waals surface area contributed by atoms with Crippen molar-refractivity contribution in [3.63, 3.8) is 0 Å². The fourth-order valence-corrected chi connectivity index (χ4v) is 1.27. The van der Waals surface area contributed by atoms with Crippen LogP contribution in [0.25, 0.3) is 0 Å². The van der Waals surface area contributed by atoms with E-state index in [-0.39, 0.29) is 0 Å². The van der Waals surface area contributed by atoms with Crippen molar-refractivity contribution >= 4 is 15.9 Å². The lowest BCUT2D eigenvalue weighted by Crippen LogP contribution is -2.14. The number of halogens is 1. The summed E-state index contributed by atoms with van der Waals surface area (Å²) in [7, 11) is 0. The Balaban J connectivity index is 2.82. The van der Waals surface area contributed by atoms with E-state index in [2.05, 4.69) is 27.0 Å². The Morgan fingerprint density at radius 1 is 1.57 bits per heavy atom. The zero-order chi connectivity index (χ0) is 10.6. The fraction of sp³-hybridized carbons (Fsp3) is 0.182. The summed E-state index contributed by atoms with van der Waals surface area (Å²) in [5.41, 5.74) is 11.3. The van der Waals surface area contributed by atoms with E-state index < -0.39 is 0 Å². The Morgan fingerprint density at radius 2 is 2.29 bits per heavy atom. The molecular weight excluding hydrogens is 240 g/mol. The van der Waals surface area contributed by atoms with Crippen LogP contribution >= 0.6 is 15.9 Å². The molecule has 0 aromatic heterocycles. The van der Waals surface area contributed by atoms with Crippen molar-refractivity contribution in [3.8, 4) is 0 Å². The number of rotatable bonds is 3. The summed E-state index contributed by atoms with van der Waals surface area (Å²) in [6, 6.07) is 0. The molecule has 0 bridgehead atoms. The van der Waals surface area contributed by atoms with Gasteiger partial charge in [0.2, 0.25) is 0 Å². The first-order valence-electron chi connectivity index (χ1n) is 4.33. The highest BCUT2D eigenvalue weighted by Gasteiger charge is 2.03. The summed E-state index contributed by atoms with van der Waals surface area (Å²) in [5, 5.41) is 3.22. The van der Waals surface area contributed by atoms with Crippen LogP contribution in [0.2, 0.25) is 0 Å². The number of hydrogen-bond donors (Lipinski definition) is 2. The van der Waals surface area contributed by atoms with Gasteiger partial charge in [-0.25, -0.2) is 0 Å². The molecule has 0 heterocycles. The molecule has 0 spiro atoms. The first-order valence-corrected chi connectivity index (χ1v) is 5.12. The van der Waals surface area contributed by atoms with Crippen LogP contribution in [0.4, 0.5) is 0 Å². The van der Waals surface area contributed by atoms with Crippen molar-refractivity contribution in [2.24, 2.45) is 5.73 Å². The Bertz CT molecular complexity index is 376. The average molecular weight is 253 g/mol. The minimum absolute atomic E-state index is 0.709. The molecule has 1 rings (SSSR count). The highest BCUT2D eigenvalue weighted by atomic mass is 79.9. The first kappa shape index (κ1) is 10.9. The van der Waals surface area contributed by atoms with Crippen LogP contribution in [0, 0.1) is 0 Å². The molecule has 0 atom stereocenters. The average Bonchev–Trinajstić information content (AvgIpc) is 2.51. The molecule has 0 aromatic carbocycles. The molecule has 0 saturated heterocycles. The molecule has 0 aromatic rings. The molecule has 0 amide bonds. The van der Waals surface area contributed by atoms with Gasteiger partial charge in [0.25, 0.3) is 0 Å². The van der Waals surface area contributed by atoms with E-state index in [0.29, 0.717) is 5.70 Å². The van der Waals surface area contributed by atoms with Crippen LogP contribution in [-0.2, 0) is 0 Å². The van der Waals surface area contributed by atoms with E-state index >= 15 is 0 Å². The molecule has 14 heavy (non-hydrogen) atoms. The molecule has 1 aliphatic carbocycles. The van der Waals surface area contributed by atoms with Gasteiger partial charge in [0.05, 0.1) is 11.4 Å². The van der Waals surface area contributed by atoms with E-state index in [9.17, 15) is 0 Å². The van der Waals surface area contributed by atoms with Gasteiger partial charge < -0.3 is 11.1 Å². The number of nitrogens with two attached hydrogens (primary N) is 1. The molecule has 0 saturated carbocycles. The zero-order valence-electron chi connectivity index (χ0n) is 8.26. The SMILES string of the molecule is C/C=C\C(NC1=C(N)C=C=C1)=C(/C)Br. The van der Waals surface area contributed by atoms with Crippen molar-refractivity contribution in [2.45, 2.75) is 13.8 Å². The predicted octanol–water partition coefficient (Wildman–Crippen LogP) is 2.67. The van der Waals surface area contributed by atoms with Crippen LogP contribution in [0.15, 0.2) is 51.6 Å². The topological polar surface area (TPSA) is 38.0 Å². The summed E-state index contributed by atoms with van der Waals surface area (Å²) in [6.07, 6.45) is 7.53. The molecule has 3 heteroatoms. The van der Waals surface area contributed by atoms with Crippen LogP contribution in [-0.4, -0.2) is 0 Å². The lowest BCUT2D eigenvalue weighted by atomic mass is 10.3. The third kappa shape index (κ3) is 2.66. The summed E-state index contributed by atoms with van der Waals surface area (Å²) in [5.74, 6) is 0. The zero-order valence-corrected chi connectivity index (χ0v) is 9.85. The molecule has 0 unspecified atom stereocenters. The van der Waals surface area contributed by atoms with E-state index in [1.54, 1.807) is 6.08 Å².